The zero-order chi connectivity index (χ0) is 14.7. The fourth-order valence-electron chi connectivity index (χ4n) is 1.75. The van der Waals surface area contributed by atoms with Crippen molar-refractivity contribution < 1.29 is 4.92 Å². The van der Waals surface area contributed by atoms with Gasteiger partial charge in [0, 0.05) is 11.6 Å². The Labute approximate surface area is 120 Å². The molecule has 20 heavy (non-hydrogen) atoms. The Morgan fingerprint density at radius 3 is 2.75 bits per heavy atom. The van der Waals surface area contributed by atoms with Crippen molar-refractivity contribution >= 4 is 29.1 Å². The third-order valence-electron chi connectivity index (χ3n) is 2.66. The molecule has 0 aliphatic carbocycles. The van der Waals surface area contributed by atoms with Gasteiger partial charge >= 0.3 is 5.69 Å². The van der Waals surface area contributed by atoms with Crippen LogP contribution < -0.4 is 11.1 Å². The number of benzene rings is 1. The lowest BCUT2D eigenvalue weighted by atomic mass is 10.2. The van der Waals surface area contributed by atoms with Gasteiger partial charge in [0.25, 0.3) is 0 Å². The van der Waals surface area contributed by atoms with Gasteiger partial charge in [-0.3, -0.25) is 10.1 Å². The molecule has 0 spiro atoms. The van der Waals surface area contributed by atoms with E-state index in [0.29, 0.717) is 11.6 Å². The topological polar surface area (TPSA) is 107 Å². The Morgan fingerprint density at radius 2 is 2.10 bits per heavy atom. The molecule has 2 rings (SSSR count). The van der Waals surface area contributed by atoms with Crippen LogP contribution in [0.15, 0.2) is 24.3 Å². The van der Waals surface area contributed by atoms with Crippen LogP contribution in [-0.2, 0) is 6.54 Å². The van der Waals surface area contributed by atoms with Crippen molar-refractivity contribution in [3.8, 4) is 0 Å². The van der Waals surface area contributed by atoms with E-state index in [9.17, 15) is 10.1 Å². The Morgan fingerprint density at radius 1 is 1.40 bits per heavy atom. The lowest BCUT2D eigenvalue weighted by Crippen LogP contribution is -2.09. The highest BCUT2D eigenvalue weighted by Gasteiger charge is 2.21. The zero-order valence-electron chi connectivity index (χ0n) is 10.6. The van der Waals surface area contributed by atoms with Crippen LogP contribution in [0.3, 0.4) is 0 Å². The van der Waals surface area contributed by atoms with Crippen LogP contribution in [-0.4, -0.2) is 14.9 Å². The number of hydrogen-bond acceptors (Lipinski definition) is 6. The second-order valence-electron chi connectivity index (χ2n) is 4.07. The van der Waals surface area contributed by atoms with Crippen molar-refractivity contribution in [2.45, 2.75) is 13.5 Å². The Bertz CT molecular complexity index is 662. The molecule has 2 aromatic rings. The summed E-state index contributed by atoms with van der Waals surface area (Å²) < 4.78 is 0. The van der Waals surface area contributed by atoms with Gasteiger partial charge in [-0.2, -0.15) is 4.98 Å². The summed E-state index contributed by atoms with van der Waals surface area (Å²) in [6.45, 7) is 1.81. The monoisotopic (exact) mass is 293 g/mol. The van der Waals surface area contributed by atoms with Crippen molar-refractivity contribution in [1.82, 2.24) is 9.97 Å². The van der Waals surface area contributed by atoms with Gasteiger partial charge in [-0.15, -0.1) is 0 Å². The van der Waals surface area contributed by atoms with Gasteiger partial charge in [0.2, 0.25) is 11.8 Å². The predicted octanol–water partition coefficient (Wildman–Crippen LogP) is 2.54. The van der Waals surface area contributed by atoms with Crippen molar-refractivity contribution in [2.75, 3.05) is 11.1 Å². The van der Waals surface area contributed by atoms with E-state index < -0.39 is 4.92 Å². The number of aryl methyl sites for hydroxylation is 1. The summed E-state index contributed by atoms with van der Waals surface area (Å²) in [4.78, 5) is 18.2. The third kappa shape index (κ3) is 2.94. The molecule has 0 amide bonds. The molecule has 0 atom stereocenters. The number of nitrogen functional groups attached to an aromatic ring is 1. The van der Waals surface area contributed by atoms with E-state index in [1.165, 1.54) is 6.92 Å². The third-order valence-corrected chi connectivity index (χ3v) is 3.03. The molecule has 0 aliphatic rings. The Kier molecular flexibility index (Phi) is 3.99. The van der Waals surface area contributed by atoms with Crippen molar-refractivity contribution in [3.63, 3.8) is 0 Å². The molecule has 0 saturated carbocycles. The first-order valence-corrected chi connectivity index (χ1v) is 6.12. The standard InChI is InChI=1S/C12H12ClN5O2/c1-7-10(18(19)20)11(17-12(14)16-7)15-6-8-4-2-3-5-9(8)13/h2-5H,6H2,1H3,(H3,14,15,16,17). The summed E-state index contributed by atoms with van der Waals surface area (Å²) >= 11 is 6.02. The maximum absolute atomic E-state index is 11.1. The van der Waals surface area contributed by atoms with E-state index >= 15 is 0 Å². The minimum absolute atomic E-state index is 0.0187. The largest absolute Gasteiger partial charge is 0.368 e. The second-order valence-corrected chi connectivity index (χ2v) is 4.47. The van der Waals surface area contributed by atoms with Gasteiger partial charge in [0.05, 0.1) is 4.92 Å². The number of anilines is 2. The molecule has 0 unspecified atom stereocenters. The molecule has 0 saturated heterocycles. The van der Waals surface area contributed by atoms with Crippen LogP contribution in [0, 0.1) is 17.0 Å². The number of nitrogens with zero attached hydrogens (tertiary/aromatic N) is 3. The average molecular weight is 294 g/mol. The summed E-state index contributed by atoms with van der Waals surface area (Å²) in [5.74, 6) is 0.0645. The number of nitrogens with two attached hydrogens (primary N) is 1. The van der Waals surface area contributed by atoms with Gasteiger partial charge < -0.3 is 11.1 Å². The van der Waals surface area contributed by atoms with Gasteiger partial charge in [-0.05, 0) is 18.6 Å². The molecule has 0 radical (unpaired) electrons. The van der Waals surface area contributed by atoms with Crippen LogP contribution in [0.5, 0.6) is 0 Å². The summed E-state index contributed by atoms with van der Waals surface area (Å²) in [7, 11) is 0. The van der Waals surface area contributed by atoms with Crippen LogP contribution in [0.25, 0.3) is 0 Å². The smallest absolute Gasteiger partial charge is 0.332 e. The summed E-state index contributed by atoms with van der Waals surface area (Å²) in [6, 6.07) is 7.20. The van der Waals surface area contributed by atoms with E-state index in [1.807, 2.05) is 12.1 Å². The Hall–Kier alpha value is -2.41. The van der Waals surface area contributed by atoms with Crippen LogP contribution >= 0.6 is 11.6 Å². The fraction of sp³-hybridized carbons (Fsp3) is 0.167. The van der Waals surface area contributed by atoms with Gasteiger partial charge in [0.1, 0.15) is 5.69 Å². The van der Waals surface area contributed by atoms with E-state index in [0.717, 1.165) is 5.56 Å². The number of nitrogens with one attached hydrogen (secondary N) is 1. The maximum Gasteiger partial charge on any atom is 0.332 e. The van der Waals surface area contributed by atoms with Crippen LogP contribution in [0.1, 0.15) is 11.3 Å². The molecule has 0 bridgehead atoms. The lowest BCUT2D eigenvalue weighted by Gasteiger charge is -2.09. The highest BCUT2D eigenvalue weighted by Crippen LogP contribution is 2.26. The number of nitro groups is 1. The molecule has 1 heterocycles. The highest BCUT2D eigenvalue weighted by atomic mass is 35.5. The van der Waals surface area contributed by atoms with Crippen molar-refractivity contribution in [3.05, 3.63) is 50.7 Å². The molecule has 1 aromatic heterocycles. The van der Waals surface area contributed by atoms with E-state index in [2.05, 4.69) is 15.3 Å². The maximum atomic E-state index is 11.1. The molecule has 0 fully saturated rings. The molecule has 7 nitrogen and oxygen atoms in total. The quantitative estimate of drug-likeness (QED) is 0.662. The number of rotatable bonds is 4. The van der Waals surface area contributed by atoms with Gasteiger partial charge in [0.15, 0.2) is 0 Å². The first-order valence-electron chi connectivity index (χ1n) is 5.75. The van der Waals surface area contributed by atoms with E-state index in [1.54, 1.807) is 12.1 Å². The van der Waals surface area contributed by atoms with Crippen LogP contribution in [0.2, 0.25) is 5.02 Å². The molecule has 8 heteroatoms. The van der Waals surface area contributed by atoms with Crippen molar-refractivity contribution in [1.29, 1.82) is 0 Å². The number of aromatic nitrogens is 2. The zero-order valence-corrected chi connectivity index (χ0v) is 11.4. The average Bonchev–Trinajstić information content (AvgIpc) is 2.36. The molecular formula is C12H12ClN5O2. The molecule has 3 N–H and O–H groups in total. The number of hydrogen-bond donors (Lipinski definition) is 2. The highest BCUT2D eigenvalue weighted by molar-refractivity contribution is 6.31. The Balaban J connectivity index is 2.30. The second kappa shape index (κ2) is 5.70. The number of halogens is 1. The van der Waals surface area contributed by atoms with Crippen LogP contribution in [0.4, 0.5) is 17.5 Å². The lowest BCUT2D eigenvalue weighted by molar-refractivity contribution is -0.385. The van der Waals surface area contributed by atoms with Crippen molar-refractivity contribution in [2.24, 2.45) is 0 Å². The first kappa shape index (κ1) is 14.0. The van der Waals surface area contributed by atoms with E-state index in [4.69, 9.17) is 17.3 Å². The fourth-order valence-corrected chi connectivity index (χ4v) is 1.95. The SMILES string of the molecule is Cc1nc(N)nc(NCc2ccccc2Cl)c1[N+](=O)[O-]. The van der Waals surface area contributed by atoms with Gasteiger partial charge in [-0.1, -0.05) is 29.8 Å². The van der Waals surface area contributed by atoms with E-state index in [-0.39, 0.29) is 23.1 Å². The summed E-state index contributed by atoms with van der Waals surface area (Å²) in [5.41, 5.74) is 6.34. The predicted molar refractivity (Wildman–Crippen MR) is 76.6 cm³/mol. The molecule has 0 aliphatic heterocycles. The minimum Gasteiger partial charge on any atom is -0.368 e. The molecule has 104 valence electrons. The molecular weight excluding hydrogens is 282 g/mol. The van der Waals surface area contributed by atoms with Gasteiger partial charge in [-0.25, -0.2) is 4.98 Å². The first-order chi connectivity index (χ1) is 9.49. The summed E-state index contributed by atoms with van der Waals surface area (Å²) in [6.07, 6.45) is 0. The normalized spacial score (nSPS) is 10.3. The molecule has 1 aromatic carbocycles. The summed E-state index contributed by atoms with van der Waals surface area (Å²) in [5, 5.41) is 14.5. The minimum atomic E-state index is -0.538.